The van der Waals surface area contributed by atoms with Gasteiger partial charge in [0.2, 0.25) is 0 Å². The molecule has 2 aromatic rings. The molecule has 0 spiro atoms. The molecule has 0 aliphatic carbocycles. The van der Waals surface area contributed by atoms with Crippen LogP contribution in [-0.2, 0) is 13.0 Å². The summed E-state index contributed by atoms with van der Waals surface area (Å²) in [7, 11) is 1.76. The summed E-state index contributed by atoms with van der Waals surface area (Å²) >= 11 is 0. The highest BCUT2D eigenvalue weighted by Crippen LogP contribution is 1.99. The van der Waals surface area contributed by atoms with Crippen molar-refractivity contribution >= 4 is 5.96 Å². The maximum Gasteiger partial charge on any atom is 0.191 e. The van der Waals surface area contributed by atoms with Gasteiger partial charge in [-0.05, 0) is 31.2 Å². The molecule has 2 heterocycles. The fraction of sp³-hybridized carbons (Fsp3) is 0.333. The fourth-order valence-corrected chi connectivity index (χ4v) is 1.85. The topological polar surface area (TPSA) is 62.5 Å². The number of pyridine rings is 1. The second kappa shape index (κ2) is 7.33. The van der Waals surface area contributed by atoms with Crippen LogP contribution in [0.2, 0.25) is 0 Å². The number of nitrogens with one attached hydrogen (secondary N) is 2. The Kier molecular flexibility index (Phi) is 5.17. The van der Waals surface area contributed by atoms with Crippen LogP contribution in [0.1, 0.15) is 17.1 Å². The smallest absolute Gasteiger partial charge is 0.191 e. The van der Waals surface area contributed by atoms with Gasteiger partial charge in [0.05, 0.1) is 18.5 Å². The average Bonchev–Trinajstić information content (AvgIpc) is 2.96. The molecule has 5 nitrogen and oxygen atoms in total. The van der Waals surface area contributed by atoms with Crippen LogP contribution in [0, 0.1) is 6.92 Å². The second-order valence-electron chi connectivity index (χ2n) is 4.45. The van der Waals surface area contributed by atoms with E-state index in [1.54, 1.807) is 13.3 Å². The number of furan rings is 1. The normalized spacial score (nSPS) is 11.4. The fourth-order valence-electron chi connectivity index (χ4n) is 1.85. The standard InChI is InChI=1S/C15H20N4O/c1-12-5-3-6-13(19-12)11-18-15(16-2)17-9-8-14-7-4-10-20-14/h3-7,10H,8-9,11H2,1-2H3,(H2,16,17,18). The minimum atomic E-state index is 0.655. The third kappa shape index (κ3) is 4.42. The maximum atomic E-state index is 5.28. The Labute approximate surface area is 119 Å². The Morgan fingerprint density at radius 2 is 2.15 bits per heavy atom. The molecule has 0 saturated heterocycles. The monoisotopic (exact) mass is 272 g/mol. The highest BCUT2D eigenvalue weighted by molar-refractivity contribution is 5.79. The number of guanidine groups is 1. The lowest BCUT2D eigenvalue weighted by Gasteiger charge is -2.11. The van der Waals surface area contributed by atoms with Crippen LogP contribution in [0.3, 0.4) is 0 Å². The van der Waals surface area contributed by atoms with Crippen molar-refractivity contribution in [2.24, 2.45) is 4.99 Å². The van der Waals surface area contributed by atoms with E-state index in [4.69, 9.17) is 4.42 Å². The number of hydrogen-bond donors (Lipinski definition) is 2. The third-order valence-corrected chi connectivity index (χ3v) is 2.85. The molecule has 2 aromatic heterocycles. The summed E-state index contributed by atoms with van der Waals surface area (Å²) in [6.07, 6.45) is 2.52. The Balaban J connectivity index is 1.75. The van der Waals surface area contributed by atoms with Gasteiger partial charge in [0, 0.05) is 25.7 Å². The summed E-state index contributed by atoms with van der Waals surface area (Å²) in [5.41, 5.74) is 2.02. The Hall–Kier alpha value is -2.30. The number of nitrogens with zero attached hydrogens (tertiary/aromatic N) is 2. The van der Waals surface area contributed by atoms with Gasteiger partial charge in [0.15, 0.2) is 5.96 Å². The minimum absolute atomic E-state index is 0.655. The second-order valence-corrected chi connectivity index (χ2v) is 4.45. The quantitative estimate of drug-likeness (QED) is 0.644. The summed E-state index contributed by atoms with van der Waals surface area (Å²) in [5, 5.41) is 6.48. The van der Waals surface area contributed by atoms with E-state index in [2.05, 4.69) is 20.6 Å². The molecule has 0 aliphatic heterocycles. The van der Waals surface area contributed by atoms with E-state index < -0.39 is 0 Å². The molecule has 0 aliphatic rings. The molecule has 5 heteroatoms. The molecule has 0 fully saturated rings. The Bertz CT molecular complexity index is 549. The van der Waals surface area contributed by atoms with Gasteiger partial charge in [-0.15, -0.1) is 0 Å². The molecule has 0 radical (unpaired) electrons. The van der Waals surface area contributed by atoms with Crippen LogP contribution in [0.5, 0.6) is 0 Å². The van der Waals surface area contributed by atoms with Gasteiger partial charge in [-0.2, -0.15) is 0 Å². The highest BCUT2D eigenvalue weighted by atomic mass is 16.3. The molecule has 0 aromatic carbocycles. The first-order valence-electron chi connectivity index (χ1n) is 6.67. The zero-order valence-electron chi connectivity index (χ0n) is 11.9. The predicted octanol–water partition coefficient (Wildman–Crippen LogP) is 1.89. The van der Waals surface area contributed by atoms with E-state index in [0.717, 1.165) is 36.1 Å². The van der Waals surface area contributed by atoms with Crippen LogP contribution in [0.15, 0.2) is 46.0 Å². The van der Waals surface area contributed by atoms with Crippen molar-refractivity contribution in [3.63, 3.8) is 0 Å². The van der Waals surface area contributed by atoms with Crippen molar-refractivity contribution < 1.29 is 4.42 Å². The van der Waals surface area contributed by atoms with Crippen LogP contribution in [0.4, 0.5) is 0 Å². The SMILES string of the molecule is CN=C(NCCc1ccco1)NCc1cccc(C)n1. The van der Waals surface area contributed by atoms with Crippen molar-refractivity contribution in [1.29, 1.82) is 0 Å². The minimum Gasteiger partial charge on any atom is -0.469 e. The third-order valence-electron chi connectivity index (χ3n) is 2.85. The van der Waals surface area contributed by atoms with E-state index in [9.17, 15) is 0 Å². The van der Waals surface area contributed by atoms with E-state index >= 15 is 0 Å². The number of aromatic nitrogens is 1. The van der Waals surface area contributed by atoms with Gasteiger partial charge in [-0.1, -0.05) is 6.07 Å². The van der Waals surface area contributed by atoms with Gasteiger partial charge in [0.25, 0.3) is 0 Å². The lowest BCUT2D eigenvalue weighted by atomic mass is 10.3. The molecule has 106 valence electrons. The zero-order chi connectivity index (χ0) is 14.2. The molecule has 0 atom stereocenters. The van der Waals surface area contributed by atoms with Crippen molar-refractivity contribution in [3.8, 4) is 0 Å². The summed E-state index contributed by atoms with van der Waals surface area (Å²) in [4.78, 5) is 8.62. The van der Waals surface area contributed by atoms with Crippen molar-refractivity contribution in [2.75, 3.05) is 13.6 Å². The molecular weight excluding hydrogens is 252 g/mol. The van der Waals surface area contributed by atoms with Gasteiger partial charge in [-0.25, -0.2) is 0 Å². The highest BCUT2D eigenvalue weighted by Gasteiger charge is 2.00. The first-order chi connectivity index (χ1) is 9.78. The molecule has 2 N–H and O–H groups in total. The van der Waals surface area contributed by atoms with Crippen LogP contribution < -0.4 is 10.6 Å². The van der Waals surface area contributed by atoms with Gasteiger partial charge in [0.1, 0.15) is 5.76 Å². The number of hydrogen-bond acceptors (Lipinski definition) is 3. The lowest BCUT2D eigenvalue weighted by Crippen LogP contribution is -2.38. The summed E-state index contributed by atoms with van der Waals surface area (Å²) in [6.45, 7) is 3.41. The van der Waals surface area contributed by atoms with Gasteiger partial charge in [-0.3, -0.25) is 9.98 Å². The zero-order valence-corrected chi connectivity index (χ0v) is 11.9. The summed E-state index contributed by atoms with van der Waals surface area (Å²) in [5.74, 6) is 1.73. The van der Waals surface area contributed by atoms with Crippen molar-refractivity contribution in [2.45, 2.75) is 19.9 Å². The first kappa shape index (κ1) is 14.1. The maximum absolute atomic E-state index is 5.28. The first-order valence-corrected chi connectivity index (χ1v) is 6.67. The molecule has 20 heavy (non-hydrogen) atoms. The molecule has 0 amide bonds. The van der Waals surface area contributed by atoms with Crippen LogP contribution >= 0.6 is 0 Å². The van der Waals surface area contributed by atoms with Gasteiger partial charge >= 0.3 is 0 Å². The summed E-state index contributed by atoms with van der Waals surface area (Å²) in [6, 6.07) is 9.85. The lowest BCUT2D eigenvalue weighted by molar-refractivity contribution is 0.506. The largest absolute Gasteiger partial charge is 0.469 e. The molecular formula is C15H20N4O. The molecule has 0 bridgehead atoms. The van der Waals surface area contributed by atoms with Crippen LogP contribution in [-0.4, -0.2) is 24.5 Å². The van der Waals surface area contributed by atoms with E-state index in [1.165, 1.54) is 0 Å². The molecule has 2 rings (SSSR count). The van der Waals surface area contributed by atoms with Crippen LogP contribution in [0.25, 0.3) is 0 Å². The predicted molar refractivity (Wildman–Crippen MR) is 79.6 cm³/mol. The Morgan fingerprint density at radius 3 is 2.85 bits per heavy atom. The Morgan fingerprint density at radius 1 is 1.25 bits per heavy atom. The van der Waals surface area contributed by atoms with E-state index in [1.807, 2.05) is 37.3 Å². The van der Waals surface area contributed by atoms with Gasteiger partial charge < -0.3 is 15.1 Å². The van der Waals surface area contributed by atoms with Crippen molar-refractivity contribution in [1.82, 2.24) is 15.6 Å². The average molecular weight is 272 g/mol. The van der Waals surface area contributed by atoms with E-state index in [-0.39, 0.29) is 0 Å². The number of aryl methyl sites for hydroxylation is 1. The molecule has 0 unspecified atom stereocenters. The summed E-state index contributed by atoms with van der Waals surface area (Å²) < 4.78 is 5.28. The van der Waals surface area contributed by atoms with Crippen molar-refractivity contribution in [3.05, 3.63) is 53.7 Å². The number of rotatable bonds is 5. The molecule has 0 saturated carbocycles. The number of aliphatic imine (C=N–C) groups is 1. The van der Waals surface area contributed by atoms with E-state index in [0.29, 0.717) is 6.54 Å².